The standard InChI is InChI=1S/C28H26N4O3S2/c1-19(33)29-22-12-14-23(15-13-22)30-25(34)18-36-16-24-17-37-28(31-24)32-27(35)26(20-8-4-2-5-9-20)21-10-6-3-7-11-21/h2-15,17,26H,16,18H2,1H3,(H,29,33)(H,30,34)(H,31,32,35). The van der Waals surface area contributed by atoms with Crippen molar-refractivity contribution >= 4 is 57.3 Å². The lowest BCUT2D eigenvalue weighted by Gasteiger charge is -2.17. The molecule has 1 heterocycles. The number of benzene rings is 3. The Bertz CT molecular complexity index is 1300. The van der Waals surface area contributed by atoms with Crippen LogP contribution in [-0.2, 0) is 20.1 Å². The van der Waals surface area contributed by atoms with Crippen molar-refractivity contribution in [3.8, 4) is 0 Å². The number of amides is 3. The van der Waals surface area contributed by atoms with Gasteiger partial charge in [-0.25, -0.2) is 4.98 Å². The number of rotatable bonds is 10. The zero-order valence-corrected chi connectivity index (χ0v) is 21.8. The van der Waals surface area contributed by atoms with E-state index in [1.165, 1.54) is 30.0 Å². The Morgan fingerprint density at radius 1 is 0.811 bits per heavy atom. The van der Waals surface area contributed by atoms with E-state index in [1.54, 1.807) is 24.3 Å². The second-order valence-corrected chi connectivity index (χ2v) is 10.0. The first-order chi connectivity index (χ1) is 18.0. The van der Waals surface area contributed by atoms with Gasteiger partial charge < -0.3 is 16.0 Å². The van der Waals surface area contributed by atoms with Crippen LogP contribution >= 0.6 is 23.1 Å². The SMILES string of the molecule is CC(=O)Nc1ccc(NC(=O)CSCc2csc(NC(=O)C(c3ccccc3)c3ccccc3)n2)cc1. The predicted molar refractivity (Wildman–Crippen MR) is 151 cm³/mol. The number of carbonyl (C=O) groups excluding carboxylic acids is 3. The van der Waals surface area contributed by atoms with E-state index >= 15 is 0 Å². The van der Waals surface area contributed by atoms with Gasteiger partial charge in [0, 0.05) is 29.4 Å². The summed E-state index contributed by atoms with van der Waals surface area (Å²) in [5.74, 6) is -0.0616. The smallest absolute Gasteiger partial charge is 0.238 e. The van der Waals surface area contributed by atoms with Gasteiger partial charge in [0.2, 0.25) is 17.7 Å². The quantitative estimate of drug-likeness (QED) is 0.243. The Morgan fingerprint density at radius 3 is 1.95 bits per heavy atom. The molecule has 37 heavy (non-hydrogen) atoms. The van der Waals surface area contributed by atoms with Crippen LogP contribution in [0.15, 0.2) is 90.3 Å². The van der Waals surface area contributed by atoms with E-state index in [2.05, 4.69) is 20.9 Å². The highest BCUT2D eigenvalue weighted by atomic mass is 32.2. The monoisotopic (exact) mass is 530 g/mol. The maximum absolute atomic E-state index is 13.3. The Labute approximate surface area is 223 Å². The van der Waals surface area contributed by atoms with Crippen LogP contribution < -0.4 is 16.0 Å². The molecule has 0 aliphatic carbocycles. The lowest BCUT2D eigenvalue weighted by atomic mass is 9.90. The predicted octanol–water partition coefficient (Wildman–Crippen LogP) is 5.74. The average molecular weight is 531 g/mol. The first-order valence-corrected chi connectivity index (χ1v) is 13.6. The Balaban J connectivity index is 1.29. The zero-order chi connectivity index (χ0) is 26.0. The molecule has 0 fully saturated rings. The molecule has 4 rings (SSSR count). The molecule has 0 saturated carbocycles. The number of anilines is 3. The third-order valence-corrected chi connectivity index (χ3v) is 7.05. The number of hydrogen-bond donors (Lipinski definition) is 3. The number of thioether (sulfide) groups is 1. The number of aromatic nitrogens is 1. The molecule has 3 N–H and O–H groups in total. The van der Waals surface area contributed by atoms with Gasteiger partial charge in [-0.2, -0.15) is 0 Å². The topological polar surface area (TPSA) is 100 Å². The molecule has 4 aromatic rings. The van der Waals surface area contributed by atoms with Crippen LogP contribution in [0.5, 0.6) is 0 Å². The summed E-state index contributed by atoms with van der Waals surface area (Å²) < 4.78 is 0. The molecule has 1 aromatic heterocycles. The van der Waals surface area contributed by atoms with Crippen molar-refractivity contribution in [3.63, 3.8) is 0 Å². The molecule has 9 heteroatoms. The van der Waals surface area contributed by atoms with Crippen LogP contribution in [0.2, 0.25) is 0 Å². The van der Waals surface area contributed by atoms with Gasteiger partial charge in [-0.1, -0.05) is 60.7 Å². The fourth-order valence-electron chi connectivity index (χ4n) is 3.68. The largest absolute Gasteiger partial charge is 0.326 e. The normalized spacial score (nSPS) is 10.6. The van der Waals surface area contributed by atoms with Crippen molar-refractivity contribution in [2.45, 2.75) is 18.6 Å². The number of nitrogens with zero attached hydrogens (tertiary/aromatic N) is 1. The van der Waals surface area contributed by atoms with Gasteiger partial charge in [-0.15, -0.1) is 23.1 Å². The molecule has 0 saturated heterocycles. The first kappa shape index (κ1) is 26.1. The zero-order valence-electron chi connectivity index (χ0n) is 20.1. The molecule has 0 aliphatic heterocycles. The summed E-state index contributed by atoms with van der Waals surface area (Å²) >= 11 is 2.81. The Morgan fingerprint density at radius 2 is 1.38 bits per heavy atom. The minimum Gasteiger partial charge on any atom is -0.326 e. The van der Waals surface area contributed by atoms with E-state index in [0.29, 0.717) is 22.3 Å². The van der Waals surface area contributed by atoms with Crippen molar-refractivity contribution in [2.75, 3.05) is 21.7 Å². The van der Waals surface area contributed by atoms with Gasteiger partial charge in [0.15, 0.2) is 5.13 Å². The van der Waals surface area contributed by atoms with E-state index in [1.807, 2.05) is 66.0 Å². The number of nitrogens with one attached hydrogen (secondary N) is 3. The van der Waals surface area contributed by atoms with Crippen LogP contribution in [-0.4, -0.2) is 28.5 Å². The van der Waals surface area contributed by atoms with Crippen LogP contribution in [0.25, 0.3) is 0 Å². The third kappa shape index (κ3) is 7.77. The number of thiazole rings is 1. The molecule has 0 atom stereocenters. The summed E-state index contributed by atoms with van der Waals surface area (Å²) in [5.41, 5.74) is 3.95. The fraction of sp³-hybridized carbons (Fsp3) is 0.143. The van der Waals surface area contributed by atoms with E-state index in [0.717, 1.165) is 16.8 Å². The van der Waals surface area contributed by atoms with E-state index < -0.39 is 5.92 Å². The highest BCUT2D eigenvalue weighted by molar-refractivity contribution is 7.99. The Hall–Kier alpha value is -3.95. The van der Waals surface area contributed by atoms with Crippen LogP contribution in [0.1, 0.15) is 29.7 Å². The van der Waals surface area contributed by atoms with Crippen molar-refractivity contribution in [1.29, 1.82) is 0 Å². The van der Waals surface area contributed by atoms with Gasteiger partial charge in [-0.3, -0.25) is 14.4 Å². The van der Waals surface area contributed by atoms with Crippen LogP contribution in [0, 0.1) is 0 Å². The molecular weight excluding hydrogens is 504 g/mol. The third-order valence-electron chi connectivity index (χ3n) is 5.28. The van der Waals surface area contributed by atoms with Crippen molar-refractivity contribution < 1.29 is 14.4 Å². The molecule has 188 valence electrons. The number of hydrogen-bond acceptors (Lipinski definition) is 6. The maximum Gasteiger partial charge on any atom is 0.238 e. The van der Waals surface area contributed by atoms with Crippen molar-refractivity contribution in [3.05, 3.63) is 107 Å². The molecule has 0 bridgehead atoms. The highest BCUT2D eigenvalue weighted by Crippen LogP contribution is 2.27. The minimum atomic E-state index is -0.444. The molecule has 3 aromatic carbocycles. The summed E-state index contributed by atoms with van der Waals surface area (Å²) in [6, 6.07) is 26.3. The molecule has 0 unspecified atom stereocenters. The van der Waals surface area contributed by atoms with Gasteiger partial charge in [-0.05, 0) is 35.4 Å². The summed E-state index contributed by atoms with van der Waals surface area (Å²) in [4.78, 5) is 41.2. The van der Waals surface area contributed by atoms with Gasteiger partial charge in [0.25, 0.3) is 0 Å². The summed E-state index contributed by atoms with van der Waals surface area (Å²) in [7, 11) is 0. The first-order valence-electron chi connectivity index (χ1n) is 11.6. The molecule has 0 radical (unpaired) electrons. The van der Waals surface area contributed by atoms with Gasteiger partial charge in [0.1, 0.15) is 0 Å². The highest BCUT2D eigenvalue weighted by Gasteiger charge is 2.23. The lowest BCUT2D eigenvalue weighted by molar-refractivity contribution is -0.117. The summed E-state index contributed by atoms with van der Waals surface area (Å²) in [6.07, 6.45) is 0. The van der Waals surface area contributed by atoms with Crippen LogP contribution in [0.4, 0.5) is 16.5 Å². The number of carbonyl (C=O) groups is 3. The van der Waals surface area contributed by atoms with E-state index in [9.17, 15) is 14.4 Å². The average Bonchev–Trinajstić information content (AvgIpc) is 3.33. The Kier molecular flexibility index (Phi) is 9.07. The van der Waals surface area contributed by atoms with E-state index in [-0.39, 0.29) is 23.5 Å². The van der Waals surface area contributed by atoms with Crippen LogP contribution in [0.3, 0.4) is 0 Å². The van der Waals surface area contributed by atoms with Crippen molar-refractivity contribution in [2.24, 2.45) is 0 Å². The van der Waals surface area contributed by atoms with Crippen molar-refractivity contribution in [1.82, 2.24) is 4.98 Å². The second kappa shape index (κ2) is 12.8. The molecule has 0 aliphatic rings. The van der Waals surface area contributed by atoms with Gasteiger partial charge >= 0.3 is 0 Å². The molecule has 0 spiro atoms. The lowest BCUT2D eigenvalue weighted by Crippen LogP contribution is -2.22. The minimum absolute atomic E-state index is 0.130. The molecule has 3 amide bonds. The van der Waals surface area contributed by atoms with Gasteiger partial charge in [0.05, 0.1) is 17.4 Å². The van der Waals surface area contributed by atoms with E-state index in [4.69, 9.17) is 0 Å². The molecular formula is C28H26N4O3S2. The molecule has 7 nitrogen and oxygen atoms in total. The summed E-state index contributed by atoms with van der Waals surface area (Å²) in [6.45, 7) is 1.44. The second-order valence-electron chi connectivity index (χ2n) is 8.19. The fourth-order valence-corrected chi connectivity index (χ4v) is 5.22. The summed E-state index contributed by atoms with van der Waals surface area (Å²) in [5, 5.41) is 10.9. The maximum atomic E-state index is 13.3.